The number of rotatable bonds is 3. The number of fused-ring (bicyclic) bond motifs is 1. The topological polar surface area (TPSA) is 41.9 Å². The zero-order chi connectivity index (χ0) is 13.5. The molecule has 1 aliphatic heterocycles. The first-order valence-corrected chi connectivity index (χ1v) is 6.72. The van der Waals surface area contributed by atoms with Crippen molar-refractivity contribution < 1.29 is 9.53 Å². The molecular weight excluding hydrogens is 240 g/mol. The lowest BCUT2D eigenvalue weighted by Gasteiger charge is -2.30. The third-order valence-corrected chi connectivity index (χ3v) is 4.26. The first-order chi connectivity index (χ1) is 9.22. The summed E-state index contributed by atoms with van der Waals surface area (Å²) < 4.78 is 5.65. The summed E-state index contributed by atoms with van der Waals surface area (Å²) in [6, 6.07) is 4.19. The van der Waals surface area contributed by atoms with Crippen LogP contribution in [0.2, 0.25) is 0 Å². The zero-order valence-corrected chi connectivity index (χ0v) is 11.4. The molecule has 4 nitrogen and oxygen atoms in total. The number of benzene rings is 1. The molecule has 1 heterocycles. The van der Waals surface area contributed by atoms with Crippen molar-refractivity contribution in [2.45, 2.75) is 31.2 Å². The highest BCUT2D eigenvalue weighted by molar-refractivity contribution is 5.65. The van der Waals surface area contributed by atoms with E-state index < -0.39 is 0 Å². The third-order valence-electron chi connectivity index (χ3n) is 4.26. The van der Waals surface area contributed by atoms with E-state index >= 15 is 0 Å². The Balaban J connectivity index is 2.15. The number of hydrogen-bond donors (Lipinski definition) is 0. The van der Waals surface area contributed by atoms with Gasteiger partial charge < -0.3 is 9.64 Å². The Kier molecular flexibility index (Phi) is 2.83. The van der Waals surface area contributed by atoms with Gasteiger partial charge in [-0.1, -0.05) is 6.07 Å². The minimum atomic E-state index is -0.363. The fraction of sp³-hybridized carbons (Fsp3) is 0.533. The van der Waals surface area contributed by atoms with Crippen LogP contribution in [0, 0.1) is 0 Å². The lowest BCUT2D eigenvalue weighted by Crippen LogP contribution is -2.25. The van der Waals surface area contributed by atoms with E-state index in [0.717, 1.165) is 43.5 Å². The van der Waals surface area contributed by atoms with Crippen molar-refractivity contribution in [1.29, 1.82) is 0 Å². The number of aliphatic imine (C=N–C) groups is 1. The lowest BCUT2D eigenvalue weighted by atomic mass is 9.94. The highest BCUT2D eigenvalue weighted by Crippen LogP contribution is 2.54. The number of isocyanates is 1. The zero-order valence-electron chi connectivity index (χ0n) is 11.4. The molecule has 0 aromatic heterocycles. The Morgan fingerprint density at radius 1 is 1.42 bits per heavy atom. The van der Waals surface area contributed by atoms with Crippen molar-refractivity contribution in [2.24, 2.45) is 4.99 Å². The molecule has 1 aromatic rings. The molecule has 0 atom stereocenters. The van der Waals surface area contributed by atoms with Crippen molar-refractivity contribution in [1.82, 2.24) is 0 Å². The van der Waals surface area contributed by atoms with Crippen molar-refractivity contribution >= 4 is 11.8 Å². The van der Waals surface area contributed by atoms with Gasteiger partial charge in [-0.25, -0.2) is 4.79 Å². The Bertz CT molecular complexity index is 558. The first-order valence-electron chi connectivity index (χ1n) is 6.72. The molecule has 4 heteroatoms. The van der Waals surface area contributed by atoms with Gasteiger partial charge in [-0.3, -0.25) is 0 Å². The standard InChI is InChI=1S/C15H18N2O2/c1-17-9-3-4-11-13(17)6-5-12(14(11)19-2)15(7-8-15)16-10-18/h5-6H,3-4,7-9H2,1-2H3. The van der Waals surface area contributed by atoms with E-state index in [2.05, 4.69) is 29.1 Å². The molecule has 0 unspecified atom stereocenters. The number of methoxy groups -OCH3 is 1. The predicted octanol–water partition coefficient (Wildman–Crippen LogP) is 2.40. The van der Waals surface area contributed by atoms with Gasteiger partial charge in [0.2, 0.25) is 6.08 Å². The fourth-order valence-electron chi connectivity index (χ4n) is 3.08. The summed E-state index contributed by atoms with van der Waals surface area (Å²) in [6.45, 7) is 1.08. The van der Waals surface area contributed by atoms with Crippen LogP contribution < -0.4 is 9.64 Å². The summed E-state index contributed by atoms with van der Waals surface area (Å²) in [7, 11) is 3.81. The van der Waals surface area contributed by atoms with E-state index in [9.17, 15) is 4.79 Å². The van der Waals surface area contributed by atoms with E-state index in [-0.39, 0.29) is 5.54 Å². The second kappa shape index (κ2) is 4.39. The third kappa shape index (κ3) is 1.83. The van der Waals surface area contributed by atoms with Gasteiger partial charge in [-0.05, 0) is 31.7 Å². The molecular formula is C15H18N2O2. The van der Waals surface area contributed by atoms with Crippen LogP contribution in [-0.4, -0.2) is 26.8 Å². The van der Waals surface area contributed by atoms with Crippen molar-refractivity contribution in [3.05, 3.63) is 23.3 Å². The maximum absolute atomic E-state index is 10.6. The summed E-state index contributed by atoms with van der Waals surface area (Å²) in [6.07, 6.45) is 5.70. The number of carbonyl (C=O) groups excluding carboxylic acids is 1. The molecule has 3 rings (SSSR count). The van der Waals surface area contributed by atoms with Gasteiger partial charge in [0.05, 0.1) is 7.11 Å². The molecule has 19 heavy (non-hydrogen) atoms. The van der Waals surface area contributed by atoms with Crippen LogP contribution in [-0.2, 0) is 16.8 Å². The quantitative estimate of drug-likeness (QED) is 0.617. The van der Waals surface area contributed by atoms with Crippen molar-refractivity contribution in [3.8, 4) is 5.75 Å². The van der Waals surface area contributed by atoms with Crippen LogP contribution in [0.3, 0.4) is 0 Å². The molecule has 1 fully saturated rings. The van der Waals surface area contributed by atoms with Gasteiger partial charge in [0, 0.05) is 30.4 Å². The fourth-order valence-corrected chi connectivity index (χ4v) is 3.08. The predicted molar refractivity (Wildman–Crippen MR) is 73.6 cm³/mol. The normalized spacial score (nSPS) is 19.4. The maximum atomic E-state index is 10.6. The van der Waals surface area contributed by atoms with Crippen LogP contribution in [0.1, 0.15) is 30.4 Å². The molecule has 0 spiro atoms. The van der Waals surface area contributed by atoms with Crippen molar-refractivity contribution in [3.63, 3.8) is 0 Å². The minimum absolute atomic E-state index is 0.363. The molecule has 2 aliphatic rings. The monoisotopic (exact) mass is 258 g/mol. The molecule has 0 N–H and O–H groups in total. The average molecular weight is 258 g/mol. The van der Waals surface area contributed by atoms with Gasteiger partial charge in [-0.15, -0.1) is 0 Å². The van der Waals surface area contributed by atoms with E-state index in [4.69, 9.17) is 4.74 Å². The minimum Gasteiger partial charge on any atom is -0.496 e. The Morgan fingerprint density at radius 3 is 2.84 bits per heavy atom. The molecule has 0 amide bonds. The first kappa shape index (κ1) is 12.2. The second-order valence-corrected chi connectivity index (χ2v) is 5.40. The lowest BCUT2D eigenvalue weighted by molar-refractivity contribution is 0.397. The highest BCUT2D eigenvalue weighted by Gasteiger charge is 2.47. The van der Waals surface area contributed by atoms with Crippen LogP contribution >= 0.6 is 0 Å². The second-order valence-electron chi connectivity index (χ2n) is 5.40. The number of hydrogen-bond acceptors (Lipinski definition) is 4. The van der Waals surface area contributed by atoms with E-state index in [1.165, 1.54) is 11.3 Å². The summed E-state index contributed by atoms with van der Waals surface area (Å²) in [5.74, 6) is 0.917. The maximum Gasteiger partial charge on any atom is 0.235 e. The van der Waals surface area contributed by atoms with Gasteiger partial charge in [0.1, 0.15) is 11.3 Å². The van der Waals surface area contributed by atoms with Crippen LogP contribution in [0.5, 0.6) is 5.75 Å². The Morgan fingerprint density at radius 2 is 2.21 bits per heavy atom. The molecule has 0 bridgehead atoms. The molecule has 0 saturated heterocycles. The van der Waals surface area contributed by atoms with Crippen LogP contribution in [0.15, 0.2) is 17.1 Å². The van der Waals surface area contributed by atoms with Gasteiger partial charge in [-0.2, -0.15) is 4.99 Å². The summed E-state index contributed by atoms with van der Waals surface area (Å²) in [5.41, 5.74) is 3.17. The van der Waals surface area contributed by atoms with E-state index in [0.29, 0.717) is 0 Å². The smallest absolute Gasteiger partial charge is 0.235 e. The van der Waals surface area contributed by atoms with Gasteiger partial charge in [0.15, 0.2) is 0 Å². The average Bonchev–Trinajstić information content (AvgIpc) is 3.19. The van der Waals surface area contributed by atoms with Gasteiger partial charge in [0.25, 0.3) is 0 Å². The number of ether oxygens (including phenoxy) is 1. The number of anilines is 1. The summed E-state index contributed by atoms with van der Waals surface area (Å²) in [4.78, 5) is 16.9. The highest BCUT2D eigenvalue weighted by atomic mass is 16.5. The molecule has 1 aliphatic carbocycles. The molecule has 0 radical (unpaired) electrons. The van der Waals surface area contributed by atoms with E-state index in [1.807, 2.05) is 0 Å². The summed E-state index contributed by atoms with van der Waals surface area (Å²) in [5, 5.41) is 0. The Hall–Kier alpha value is -1.80. The molecule has 100 valence electrons. The van der Waals surface area contributed by atoms with Crippen LogP contribution in [0.4, 0.5) is 5.69 Å². The van der Waals surface area contributed by atoms with Gasteiger partial charge >= 0.3 is 0 Å². The van der Waals surface area contributed by atoms with Crippen LogP contribution in [0.25, 0.3) is 0 Å². The number of nitrogens with zero attached hydrogens (tertiary/aromatic N) is 2. The summed E-state index contributed by atoms with van der Waals surface area (Å²) >= 11 is 0. The largest absolute Gasteiger partial charge is 0.496 e. The van der Waals surface area contributed by atoms with Crippen molar-refractivity contribution in [2.75, 3.05) is 25.6 Å². The molecule has 1 saturated carbocycles. The Labute approximate surface area is 113 Å². The SMILES string of the molecule is COc1c(C2(N=C=O)CC2)ccc2c1CCCN2C. The molecule has 1 aromatic carbocycles. The van der Waals surface area contributed by atoms with E-state index in [1.54, 1.807) is 13.2 Å².